The van der Waals surface area contributed by atoms with Crippen molar-refractivity contribution < 1.29 is 31.1 Å². The van der Waals surface area contributed by atoms with E-state index in [0.717, 1.165) is 11.9 Å². The summed E-state index contributed by atoms with van der Waals surface area (Å²) in [5, 5.41) is 0. The molecule has 0 saturated carbocycles. The van der Waals surface area contributed by atoms with Crippen molar-refractivity contribution in [3.05, 3.63) is 30.3 Å². The summed E-state index contributed by atoms with van der Waals surface area (Å²) in [6.07, 6.45) is 0. The number of nitrogens with zero attached hydrogens (tertiary/aromatic N) is 1. The largest absolute Gasteiger partial charge is 0.443 e. The summed E-state index contributed by atoms with van der Waals surface area (Å²) in [6.45, 7) is 0. The number of thioether (sulfide) groups is 2. The highest BCUT2D eigenvalue weighted by Gasteiger charge is 2.44. The average molecular weight is 349 g/mol. The topological polar surface area (TPSA) is 20.3 Å². The van der Waals surface area contributed by atoms with Gasteiger partial charge in [0.2, 0.25) is 0 Å². The van der Waals surface area contributed by atoms with Gasteiger partial charge in [-0.1, -0.05) is 18.2 Å². The summed E-state index contributed by atoms with van der Waals surface area (Å²) in [5.74, 6) is -1.29. The van der Waals surface area contributed by atoms with E-state index in [-0.39, 0.29) is 5.69 Å². The van der Waals surface area contributed by atoms with Gasteiger partial charge < -0.3 is 4.90 Å². The Morgan fingerprint density at radius 1 is 1.00 bits per heavy atom. The lowest BCUT2D eigenvalue weighted by Crippen LogP contribution is -2.35. The van der Waals surface area contributed by atoms with Gasteiger partial charge in [-0.3, -0.25) is 4.79 Å². The maximum absolute atomic E-state index is 12.3. The van der Waals surface area contributed by atoms with E-state index < -0.39 is 45.0 Å². The van der Waals surface area contributed by atoms with Crippen molar-refractivity contribution in [2.24, 2.45) is 0 Å². The Morgan fingerprint density at radius 2 is 1.43 bits per heavy atom. The van der Waals surface area contributed by atoms with E-state index in [9.17, 15) is 31.1 Å². The van der Waals surface area contributed by atoms with Crippen molar-refractivity contribution in [2.75, 3.05) is 11.9 Å². The first-order valence-electron chi connectivity index (χ1n) is 5.31. The molecule has 1 aromatic carbocycles. The lowest BCUT2D eigenvalue weighted by atomic mass is 10.3. The van der Waals surface area contributed by atoms with Crippen molar-refractivity contribution in [3.63, 3.8) is 0 Å². The molecule has 0 heterocycles. The number of halogens is 6. The molecule has 0 bridgehead atoms. The molecule has 0 aromatic heterocycles. The third kappa shape index (κ3) is 6.51. The number of carbonyl (C=O) groups excluding carboxylic acids is 1. The van der Waals surface area contributed by atoms with Gasteiger partial charge in [0.25, 0.3) is 5.91 Å². The maximum atomic E-state index is 12.3. The number of alkyl halides is 6. The van der Waals surface area contributed by atoms with E-state index >= 15 is 0 Å². The molecule has 1 amide bonds. The average Bonchev–Trinajstić information content (AvgIpc) is 2.34. The number of benzene rings is 1. The summed E-state index contributed by atoms with van der Waals surface area (Å²) < 4.78 is 71.6. The van der Waals surface area contributed by atoms with Crippen LogP contribution in [0.1, 0.15) is 0 Å². The van der Waals surface area contributed by atoms with Gasteiger partial charge in [0.15, 0.2) is 0 Å². The van der Waals surface area contributed by atoms with Crippen LogP contribution in [0.3, 0.4) is 0 Å². The number of rotatable bonds is 4. The lowest BCUT2D eigenvalue weighted by molar-refractivity contribution is -0.117. The SMILES string of the molecule is CN(C(=O)C(SC(F)(F)F)SC(F)(F)F)c1ccccc1. The van der Waals surface area contributed by atoms with Gasteiger partial charge in [-0.25, -0.2) is 0 Å². The zero-order chi connectivity index (χ0) is 16.3. The van der Waals surface area contributed by atoms with Gasteiger partial charge in [0, 0.05) is 12.7 Å². The van der Waals surface area contributed by atoms with Gasteiger partial charge in [-0.05, 0) is 35.7 Å². The third-order valence-corrected chi connectivity index (χ3v) is 4.10. The van der Waals surface area contributed by atoms with Crippen LogP contribution in [-0.4, -0.2) is 28.6 Å². The van der Waals surface area contributed by atoms with Crippen LogP contribution in [0.5, 0.6) is 0 Å². The molecule has 1 rings (SSSR count). The number of hydrogen-bond donors (Lipinski definition) is 0. The standard InChI is InChI=1S/C11H9F6NOS2/c1-18(7-5-3-2-4-6-7)8(19)9(20-10(12,13)14)21-11(15,16)17/h2-6,9H,1H3. The molecule has 0 unspecified atom stereocenters. The Hall–Kier alpha value is -1.03. The van der Waals surface area contributed by atoms with Crippen LogP contribution in [0.4, 0.5) is 32.0 Å². The van der Waals surface area contributed by atoms with Crippen LogP contribution in [0, 0.1) is 0 Å². The minimum atomic E-state index is -4.95. The minimum Gasteiger partial charge on any atom is -0.314 e. The molecule has 0 spiro atoms. The maximum Gasteiger partial charge on any atom is 0.443 e. The Kier molecular flexibility index (Phi) is 5.85. The number of amides is 1. The molecule has 0 aliphatic heterocycles. The van der Waals surface area contributed by atoms with Gasteiger partial charge in [0.05, 0.1) is 0 Å². The van der Waals surface area contributed by atoms with Crippen molar-refractivity contribution in [1.82, 2.24) is 0 Å². The van der Waals surface area contributed by atoms with Crippen LogP contribution in [0.2, 0.25) is 0 Å². The van der Waals surface area contributed by atoms with Crippen molar-refractivity contribution in [2.45, 2.75) is 15.6 Å². The molecule has 0 radical (unpaired) electrons. The number of carbonyl (C=O) groups is 1. The molecule has 0 aliphatic carbocycles. The predicted molar refractivity (Wildman–Crippen MR) is 70.9 cm³/mol. The second-order valence-electron chi connectivity index (χ2n) is 3.69. The molecule has 118 valence electrons. The molecule has 0 N–H and O–H groups in total. The van der Waals surface area contributed by atoms with E-state index in [1.54, 1.807) is 6.07 Å². The Morgan fingerprint density at radius 3 is 1.81 bits per heavy atom. The fourth-order valence-electron chi connectivity index (χ4n) is 1.30. The van der Waals surface area contributed by atoms with Gasteiger partial charge in [0.1, 0.15) is 4.58 Å². The molecule has 0 fully saturated rings. The van der Waals surface area contributed by atoms with Crippen LogP contribution in [0.15, 0.2) is 30.3 Å². The molecular formula is C11H9F6NOS2. The smallest absolute Gasteiger partial charge is 0.314 e. The summed E-state index contributed by atoms with van der Waals surface area (Å²) in [5.41, 5.74) is -9.69. The molecule has 0 atom stereocenters. The van der Waals surface area contributed by atoms with E-state index in [1.165, 1.54) is 24.3 Å². The van der Waals surface area contributed by atoms with Crippen molar-refractivity contribution in [3.8, 4) is 0 Å². The zero-order valence-corrected chi connectivity index (χ0v) is 12.0. The fraction of sp³-hybridized carbons (Fsp3) is 0.364. The Labute approximate surface area is 124 Å². The monoisotopic (exact) mass is 349 g/mol. The first-order valence-corrected chi connectivity index (χ1v) is 7.07. The van der Waals surface area contributed by atoms with Crippen molar-refractivity contribution >= 4 is 35.1 Å². The minimum absolute atomic E-state index is 0.207. The second kappa shape index (κ2) is 6.82. The first kappa shape index (κ1) is 18.0. The van der Waals surface area contributed by atoms with Crippen LogP contribution >= 0.6 is 23.5 Å². The zero-order valence-electron chi connectivity index (χ0n) is 10.4. The van der Waals surface area contributed by atoms with E-state index in [2.05, 4.69) is 0 Å². The number of hydrogen-bond acceptors (Lipinski definition) is 3. The van der Waals surface area contributed by atoms with Crippen LogP contribution in [0.25, 0.3) is 0 Å². The van der Waals surface area contributed by atoms with Crippen LogP contribution in [-0.2, 0) is 4.79 Å². The molecule has 0 saturated heterocycles. The second-order valence-corrected chi connectivity index (χ2v) is 6.33. The van der Waals surface area contributed by atoms with E-state index in [4.69, 9.17) is 0 Å². The first-order chi connectivity index (χ1) is 9.49. The quantitative estimate of drug-likeness (QED) is 0.590. The van der Waals surface area contributed by atoms with Gasteiger partial charge >= 0.3 is 11.0 Å². The van der Waals surface area contributed by atoms with Gasteiger partial charge in [-0.2, -0.15) is 26.3 Å². The third-order valence-electron chi connectivity index (χ3n) is 2.16. The summed E-state index contributed by atoms with van der Waals surface area (Å²) >= 11 is -1.98. The number of para-hydroxylation sites is 1. The summed E-state index contributed by atoms with van der Waals surface area (Å²) in [6, 6.07) is 7.45. The summed E-state index contributed by atoms with van der Waals surface area (Å²) in [7, 11) is 1.12. The molecule has 1 aromatic rings. The fourth-order valence-corrected chi connectivity index (χ4v) is 3.16. The summed E-state index contributed by atoms with van der Waals surface area (Å²) in [4.78, 5) is 12.6. The Balaban J connectivity index is 2.94. The van der Waals surface area contributed by atoms with Crippen LogP contribution < -0.4 is 4.90 Å². The lowest BCUT2D eigenvalue weighted by Gasteiger charge is -2.24. The van der Waals surface area contributed by atoms with E-state index in [0.29, 0.717) is 0 Å². The molecule has 0 aliphatic rings. The normalized spacial score (nSPS) is 12.6. The molecular weight excluding hydrogens is 340 g/mol. The van der Waals surface area contributed by atoms with Crippen molar-refractivity contribution in [1.29, 1.82) is 0 Å². The van der Waals surface area contributed by atoms with E-state index in [1.807, 2.05) is 0 Å². The highest BCUT2D eigenvalue weighted by molar-refractivity contribution is 8.18. The molecule has 21 heavy (non-hydrogen) atoms. The Bertz CT molecular complexity index is 460. The number of anilines is 1. The van der Waals surface area contributed by atoms with Gasteiger partial charge in [-0.15, -0.1) is 0 Å². The molecule has 2 nitrogen and oxygen atoms in total. The predicted octanol–water partition coefficient (Wildman–Crippen LogP) is 4.48. The highest BCUT2D eigenvalue weighted by atomic mass is 32.2. The molecule has 10 heteroatoms. The highest BCUT2D eigenvalue weighted by Crippen LogP contribution is 2.45.